The van der Waals surface area contributed by atoms with Gasteiger partial charge in [-0.05, 0) is 19.3 Å². The monoisotopic (exact) mass is 228 g/mol. The zero-order valence-corrected chi connectivity index (χ0v) is 9.75. The molecule has 0 unspecified atom stereocenters. The van der Waals surface area contributed by atoms with Crippen LogP contribution < -0.4 is 10.6 Å². The standard InChI is InChI=1S/C11H20N2O3/c1-2-5-12-10(14)8-13-11(15)9-3-6-16-7-4-9/h9H,2-8H2,1H3,(H,12,14)(H,13,15). The van der Waals surface area contributed by atoms with E-state index in [0.29, 0.717) is 19.8 Å². The maximum Gasteiger partial charge on any atom is 0.239 e. The first-order valence-corrected chi connectivity index (χ1v) is 5.86. The maximum atomic E-state index is 11.6. The van der Waals surface area contributed by atoms with E-state index in [-0.39, 0.29) is 24.3 Å². The fourth-order valence-corrected chi connectivity index (χ4v) is 1.60. The van der Waals surface area contributed by atoms with Crippen LogP contribution in [0.5, 0.6) is 0 Å². The summed E-state index contributed by atoms with van der Waals surface area (Å²) in [5, 5.41) is 5.37. The molecule has 0 spiro atoms. The molecule has 2 N–H and O–H groups in total. The van der Waals surface area contributed by atoms with E-state index in [2.05, 4.69) is 10.6 Å². The predicted molar refractivity (Wildman–Crippen MR) is 59.9 cm³/mol. The average Bonchev–Trinajstić information content (AvgIpc) is 2.34. The van der Waals surface area contributed by atoms with Gasteiger partial charge in [-0.1, -0.05) is 6.92 Å². The molecular weight excluding hydrogens is 208 g/mol. The number of ether oxygens (including phenoxy) is 1. The minimum absolute atomic E-state index is 0.00715. The van der Waals surface area contributed by atoms with Gasteiger partial charge in [-0.15, -0.1) is 0 Å². The van der Waals surface area contributed by atoms with Crippen LogP contribution in [0.1, 0.15) is 26.2 Å². The zero-order valence-electron chi connectivity index (χ0n) is 9.75. The number of nitrogens with one attached hydrogen (secondary N) is 2. The summed E-state index contributed by atoms with van der Waals surface area (Å²) in [5.41, 5.74) is 0. The average molecular weight is 228 g/mol. The third-order valence-electron chi connectivity index (χ3n) is 2.59. The number of carbonyl (C=O) groups excluding carboxylic acids is 2. The Labute approximate surface area is 95.9 Å². The van der Waals surface area contributed by atoms with Crippen molar-refractivity contribution in [2.45, 2.75) is 26.2 Å². The van der Waals surface area contributed by atoms with Crippen molar-refractivity contribution < 1.29 is 14.3 Å². The molecule has 92 valence electrons. The number of carbonyl (C=O) groups is 2. The van der Waals surface area contributed by atoms with Gasteiger partial charge in [-0.3, -0.25) is 9.59 Å². The second-order valence-corrected chi connectivity index (χ2v) is 3.95. The SMILES string of the molecule is CCCNC(=O)CNC(=O)C1CCOCC1. The van der Waals surface area contributed by atoms with Gasteiger partial charge in [0.1, 0.15) is 0 Å². The molecular formula is C11H20N2O3. The summed E-state index contributed by atoms with van der Waals surface area (Å²) in [6, 6.07) is 0. The molecule has 1 rings (SSSR count). The van der Waals surface area contributed by atoms with Crippen LogP contribution in [0.4, 0.5) is 0 Å². The van der Waals surface area contributed by atoms with Gasteiger partial charge in [0.25, 0.3) is 0 Å². The molecule has 1 heterocycles. The van der Waals surface area contributed by atoms with E-state index >= 15 is 0 Å². The van der Waals surface area contributed by atoms with Crippen molar-refractivity contribution >= 4 is 11.8 Å². The van der Waals surface area contributed by atoms with Gasteiger partial charge in [0, 0.05) is 25.7 Å². The highest BCUT2D eigenvalue weighted by atomic mass is 16.5. The van der Waals surface area contributed by atoms with Crippen molar-refractivity contribution in [3.05, 3.63) is 0 Å². The Balaban J connectivity index is 2.15. The summed E-state index contributed by atoms with van der Waals surface area (Å²) in [6.07, 6.45) is 2.41. The lowest BCUT2D eigenvalue weighted by Gasteiger charge is -2.20. The largest absolute Gasteiger partial charge is 0.381 e. The Morgan fingerprint density at radius 2 is 1.94 bits per heavy atom. The highest BCUT2D eigenvalue weighted by Crippen LogP contribution is 2.14. The lowest BCUT2D eigenvalue weighted by atomic mass is 9.99. The zero-order chi connectivity index (χ0) is 11.8. The third kappa shape index (κ3) is 4.61. The molecule has 0 aromatic heterocycles. The number of hydrogen-bond acceptors (Lipinski definition) is 3. The predicted octanol–water partition coefficient (Wildman–Crippen LogP) is 0.0554. The lowest BCUT2D eigenvalue weighted by molar-refractivity contribution is -0.130. The molecule has 0 aliphatic carbocycles. The van der Waals surface area contributed by atoms with Crippen molar-refractivity contribution in [2.75, 3.05) is 26.3 Å². The van der Waals surface area contributed by atoms with Crippen LogP contribution in [0.25, 0.3) is 0 Å². The molecule has 16 heavy (non-hydrogen) atoms. The van der Waals surface area contributed by atoms with E-state index in [1.165, 1.54) is 0 Å². The van der Waals surface area contributed by atoms with Crippen molar-refractivity contribution in [3.63, 3.8) is 0 Å². The fourth-order valence-electron chi connectivity index (χ4n) is 1.60. The molecule has 5 nitrogen and oxygen atoms in total. The van der Waals surface area contributed by atoms with Crippen LogP contribution in [0.3, 0.4) is 0 Å². The number of rotatable bonds is 5. The number of hydrogen-bond donors (Lipinski definition) is 2. The fraction of sp³-hybridized carbons (Fsp3) is 0.818. The minimum atomic E-state index is -0.123. The lowest BCUT2D eigenvalue weighted by Crippen LogP contribution is -2.41. The quantitative estimate of drug-likeness (QED) is 0.699. The Morgan fingerprint density at radius 1 is 1.25 bits per heavy atom. The van der Waals surface area contributed by atoms with E-state index in [4.69, 9.17) is 4.74 Å². The van der Waals surface area contributed by atoms with E-state index in [1.54, 1.807) is 0 Å². The topological polar surface area (TPSA) is 67.4 Å². The third-order valence-corrected chi connectivity index (χ3v) is 2.59. The second kappa shape index (κ2) is 7.22. The molecule has 0 saturated carbocycles. The summed E-state index contributed by atoms with van der Waals surface area (Å²) in [6.45, 7) is 4.00. The maximum absolute atomic E-state index is 11.6. The molecule has 0 bridgehead atoms. The number of amides is 2. The molecule has 0 aromatic rings. The Hall–Kier alpha value is -1.10. The Morgan fingerprint density at radius 3 is 2.56 bits per heavy atom. The van der Waals surface area contributed by atoms with Crippen LogP contribution in [0.15, 0.2) is 0 Å². The van der Waals surface area contributed by atoms with Crippen molar-refractivity contribution in [3.8, 4) is 0 Å². The van der Waals surface area contributed by atoms with Crippen LogP contribution in [0, 0.1) is 5.92 Å². The summed E-state index contributed by atoms with van der Waals surface area (Å²) in [4.78, 5) is 22.9. The van der Waals surface area contributed by atoms with E-state index in [0.717, 1.165) is 19.3 Å². The molecule has 2 amide bonds. The van der Waals surface area contributed by atoms with Crippen LogP contribution in [-0.2, 0) is 14.3 Å². The van der Waals surface area contributed by atoms with Gasteiger partial charge in [0.2, 0.25) is 11.8 Å². The molecule has 0 aromatic carbocycles. The minimum Gasteiger partial charge on any atom is -0.381 e. The van der Waals surface area contributed by atoms with Gasteiger partial charge < -0.3 is 15.4 Å². The van der Waals surface area contributed by atoms with Crippen molar-refractivity contribution in [2.24, 2.45) is 5.92 Å². The van der Waals surface area contributed by atoms with E-state index in [1.807, 2.05) is 6.92 Å². The first-order valence-electron chi connectivity index (χ1n) is 5.86. The summed E-state index contributed by atoms with van der Waals surface area (Å²) >= 11 is 0. The normalized spacial score (nSPS) is 16.8. The highest BCUT2D eigenvalue weighted by Gasteiger charge is 2.21. The molecule has 1 aliphatic heterocycles. The summed E-state index contributed by atoms with van der Waals surface area (Å²) in [7, 11) is 0. The molecule has 1 fully saturated rings. The first kappa shape index (κ1) is 13.0. The molecule has 0 radical (unpaired) electrons. The van der Waals surface area contributed by atoms with Crippen molar-refractivity contribution in [1.29, 1.82) is 0 Å². The van der Waals surface area contributed by atoms with Gasteiger partial charge >= 0.3 is 0 Å². The molecule has 1 saturated heterocycles. The van der Waals surface area contributed by atoms with Gasteiger partial charge in [0.05, 0.1) is 6.54 Å². The molecule has 5 heteroatoms. The van der Waals surface area contributed by atoms with Gasteiger partial charge in [-0.25, -0.2) is 0 Å². The molecule has 0 atom stereocenters. The molecule has 1 aliphatic rings. The summed E-state index contributed by atoms with van der Waals surface area (Å²) in [5.74, 6) is -0.148. The first-order chi connectivity index (χ1) is 7.74. The highest BCUT2D eigenvalue weighted by molar-refractivity contribution is 5.85. The Kier molecular flexibility index (Phi) is 5.85. The van der Waals surface area contributed by atoms with Crippen LogP contribution >= 0.6 is 0 Å². The smallest absolute Gasteiger partial charge is 0.239 e. The van der Waals surface area contributed by atoms with Crippen LogP contribution in [0.2, 0.25) is 0 Å². The van der Waals surface area contributed by atoms with E-state index in [9.17, 15) is 9.59 Å². The second-order valence-electron chi connectivity index (χ2n) is 3.95. The van der Waals surface area contributed by atoms with E-state index < -0.39 is 0 Å². The Bertz CT molecular complexity index is 237. The van der Waals surface area contributed by atoms with Crippen molar-refractivity contribution in [1.82, 2.24) is 10.6 Å². The van der Waals surface area contributed by atoms with Gasteiger partial charge in [0.15, 0.2) is 0 Å². The van der Waals surface area contributed by atoms with Gasteiger partial charge in [-0.2, -0.15) is 0 Å². The van der Waals surface area contributed by atoms with Crippen LogP contribution in [-0.4, -0.2) is 38.1 Å². The summed E-state index contributed by atoms with van der Waals surface area (Å²) < 4.78 is 5.17.